The molecule has 9 rings (SSSR count). The van der Waals surface area contributed by atoms with E-state index < -0.39 is 88.7 Å². The van der Waals surface area contributed by atoms with Crippen molar-refractivity contribution in [2.45, 2.75) is 130 Å². The number of fused-ring (bicyclic) bond motifs is 13. The van der Waals surface area contributed by atoms with Gasteiger partial charge in [-0.25, -0.2) is 4.39 Å². The Morgan fingerprint density at radius 2 is 1.60 bits per heavy atom. The monoisotopic (exact) mass is 1070 g/mol. The van der Waals surface area contributed by atoms with Crippen LogP contribution in [0.25, 0.3) is 0 Å². The Balaban J connectivity index is 1.08. The maximum absolute atomic E-state index is 14.9. The summed E-state index contributed by atoms with van der Waals surface area (Å²) < 4.78 is 32.2. The number of benzene rings is 2. The van der Waals surface area contributed by atoms with Crippen molar-refractivity contribution in [3.05, 3.63) is 99.9 Å². The lowest BCUT2D eigenvalue weighted by molar-refractivity contribution is -0.159. The molecule has 19 heteroatoms. The van der Waals surface area contributed by atoms with Crippen LogP contribution >= 0.6 is 0 Å². The molecule has 6 unspecified atom stereocenters. The second-order valence-electron chi connectivity index (χ2n) is 22.5. The number of carbonyl (C=O) groups excluding carboxylic acids is 5. The summed E-state index contributed by atoms with van der Waals surface area (Å²) in [5.74, 6) is -8.22. The lowest BCUT2D eigenvalue weighted by Gasteiger charge is -2.38. The Bertz CT molecular complexity index is 2800. The molecular weight excluding hydrogens is 990 g/mol. The number of nitrogens with two attached hydrogens (primary N) is 1. The first-order chi connectivity index (χ1) is 36.4. The number of hydrogen-bond donors (Lipinski definition) is 6. The van der Waals surface area contributed by atoms with Crippen LogP contribution < -0.4 is 26.0 Å². The van der Waals surface area contributed by atoms with Gasteiger partial charge in [-0.15, -0.1) is 0 Å². The van der Waals surface area contributed by atoms with Crippen molar-refractivity contribution in [2.24, 2.45) is 40.3 Å². The summed E-state index contributed by atoms with van der Waals surface area (Å²) in [6.45, 7) is 20.0. The number of aliphatic imine (C=N–C) groups is 1. The molecule has 7 aliphatic rings. The van der Waals surface area contributed by atoms with Gasteiger partial charge < -0.3 is 60.6 Å². The number of likely N-dealkylation sites (tertiary alicyclic amines) is 1. The minimum atomic E-state index is -2.02. The fourth-order valence-electron chi connectivity index (χ4n) is 11.4. The molecule has 416 valence electrons. The van der Waals surface area contributed by atoms with E-state index in [0.29, 0.717) is 64.4 Å². The van der Waals surface area contributed by atoms with Crippen LogP contribution in [0.4, 0.5) is 10.1 Å². The molecule has 0 aromatic heterocycles. The molecule has 0 radical (unpaired) electrons. The van der Waals surface area contributed by atoms with Crippen molar-refractivity contribution in [3.63, 3.8) is 0 Å². The predicted molar refractivity (Wildman–Crippen MR) is 287 cm³/mol. The molecule has 2 amide bonds. The number of aliphatic hydroxyl groups is 2. The minimum Gasteiger partial charge on any atom is -0.507 e. The highest BCUT2D eigenvalue weighted by molar-refractivity contribution is 6.34. The van der Waals surface area contributed by atoms with E-state index in [-0.39, 0.29) is 75.2 Å². The average Bonchev–Trinajstić information content (AvgIpc) is 3.76. The van der Waals surface area contributed by atoms with E-state index in [1.165, 1.54) is 38.3 Å². The Kier molecular flexibility index (Phi) is 16.9. The molecule has 1 spiro atoms. The number of aliphatic hydroxyl groups excluding tert-OH is 2. The number of esters is 1. The third-order valence-corrected chi connectivity index (χ3v) is 16.3. The minimum absolute atomic E-state index is 0.000330. The summed E-state index contributed by atoms with van der Waals surface area (Å²) in [5, 5.41) is 41.8. The molecule has 2 fully saturated rings. The zero-order chi connectivity index (χ0) is 55.8. The van der Waals surface area contributed by atoms with Crippen LogP contribution in [0.2, 0.25) is 0 Å². The van der Waals surface area contributed by atoms with Gasteiger partial charge in [0.1, 0.15) is 34.8 Å². The van der Waals surface area contributed by atoms with E-state index in [4.69, 9.17) is 24.9 Å². The van der Waals surface area contributed by atoms with Gasteiger partial charge in [0.05, 0.1) is 47.4 Å². The number of carbonyl (C=O) groups is 5. The Hall–Kier alpha value is -6.41. The van der Waals surface area contributed by atoms with Gasteiger partial charge in [0.15, 0.2) is 0 Å². The number of rotatable bonds is 7. The Morgan fingerprint density at radius 1 is 0.896 bits per heavy atom. The third-order valence-electron chi connectivity index (χ3n) is 16.3. The Labute approximate surface area is 450 Å². The maximum Gasteiger partial charge on any atom is 0.312 e. The van der Waals surface area contributed by atoms with Gasteiger partial charge in [0.25, 0.3) is 11.7 Å². The summed E-state index contributed by atoms with van der Waals surface area (Å²) >= 11 is 0. The van der Waals surface area contributed by atoms with E-state index in [2.05, 4.69) is 34.3 Å². The van der Waals surface area contributed by atoms with E-state index in [0.717, 1.165) is 12.2 Å². The lowest BCUT2D eigenvalue weighted by Crippen LogP contribution is -2.51. The molecule has 18 nitrogen and oxygen atoms in total. The SMILES string of the molecule is C/C1=C/C=C/C(C)[C@H](O)[C@@H](C)C(O)[C@@H](C)C(OC(=O)CCC(=O)N2CCCN(c3ccc(F)cc3)CC2)C(N)C(C)/C=C/OC2(C)Oc3c(C)c(O)c4c(c3C2=O)C2=NC3(CCN(CC(C)C)CC3)NC2=C(NC1=O)C4=O. The highest BCUT2D eigenvalue weighted by Gasteiger charge is 2.54. The van der Waals surface area contributed by atoms with Crippen molar-refractivity contribution in [1.29, 1.82) is 0 Å². The number of nitrogens with zero attached hydrogens (tertiary/aromatic N) is 4. The van der Waals surface area contributed by atoms with Crippen LogP contribution in [0.3, 0.4) is 0 Å². The average molecular weight is 1070 g/mol. The largest absolute Gasteiger partial charge is 0.507 e. The number of Topliss-reactive ketones (excluding diaryl/α,β-unsaturated/α-hetero) is 2. The summed E-state index contributed by atoms with van der Waals surface area (Å²) in [4.78, 5) is 82.5. The van der Waals surface area contributed by atoms with Crippen molar-refractivity contribution < 1.29 is 57.9 Å². The summed E-state index contributed by atoms with van der Waals surface area (Å²) in [5.41, 5.74) is 7.36. The van der Waals surface area contributed by atoms with Gasteiger partial charge in [0, 0.05) is 118 Å². The fraction of sp³-hybridized carbons (Fsp3) is 0.552. The van der Waals surface area contributed by atoms with Gasteiger partial charge in [-0.3, -0.25) is 29.0 Å². The number of nitrogens with one attached hydrogen (secondary N) is 2. The first-order valence-corrected chi connectivity index (χ1v) is 27.1. The zero-order valence-corrected chi connectivity index (χ0v) is 45.7. The molecule has 5 bridgehead atoms. The van der Waals surface area contributed by atoms with Crippen LogP contribution in [-0.4, -0.2) is 142 Å². The Morgan fingerprint density at radius 3 is 2.29 bits per heavy atom. The van der Waals surface area contributed by atoms with Crippen molar-refractivity contribution in [2.75, 3.05) is 50.7 Å². The molecule has 7 N–H and O–H groups in total. The topological polar surface area (TPSA) is 246 Å². The molecule has 2 saturated heterocycles. The smallest absolute Gasteiger partial charge is 0.312 e. The molecule has 1 aliphatic carbocycles. The molecule has 2 aromatic rings. The van der Waals surface area contributed by atoms with Crippen LogP contribution in [-0.2, 0) is 23.9 Å². The molecule has 2 aromatic carbocycles. The second-order valence-corrected chi connectivity index (χ2v) is 22.5. The predicted octanol–water partition coefficient (Wildman–Crippen LogP) is 5.57. The molecule has 9 atom stereocenters. The fourth-order valence-corrected chi connectivity index (χ4v) is 11.4. The molecule has 6 aliphatic heterocycles. The highest BCUT2D eigenvalue weighted by atomic mass is 19.1. The molecular formula is C58H76FN7O11. The maximum atomic E-state index is 14.9. The quantitative estimate of drug-likeness (QED) is 0.186. The van der Waals surface area contributed by atoms with Crippen molar-refractivity contribution in [1.82, 2.24) is 20.4 Å². The summed E-state index contributed by atoms with van der Waals surface area (Å²) in [6, 6.07) is 5.21. The first kappa shape index (κ1) is 56.8. The number of phenolic OH excluding ortho intramolecular Hbond substituents is 1. The van der Waals surface area contributed by atoms with Gasteiger partial charge >= 0.3 is 11.8 Å². The number of ether oxygens (including phenoxy) is 3. The second kappa shape index (κ2) is 22.9. The number of ketones is 2. The molecule has 77 heavy (non-hydrogen) atoms. The number of phenols is 1. The standard InChI is InChI=1S/C58H76FN7O11/c1-31(2)30-64-25-21-58(22-26-64)62-46-42-43-51(71)37(8)53-44(42)55(73)57(9,77-53)75-29-20-32(3)45(60)54(76-41(68)19-18-40(67)66-24-11-23-65(27-28-66)39-16-14-38(59)15-17-39)36(7)50(70)35(6)49(69)33(4)12-10-13-34(5)56(74)61-48(52(43)72)47(46)63-58/h10,12-17,20,29,31-33,35-36,45,49-50,54,63,69-71H,11,18-19,21-28,30,60H2,1-9H3,(H,61,74)/b12-10+,29-20+,34-13-/t32?,33?,35-,36-,45?,49+,50?,54?,57?/m1/s1. The number of allylic oxidation sites excluding steroid dienone is 4. The van der Waals surface area contributed by atoms with Crippen LogP contribution in [0.5, 0.6) is 11.5 Å². The van der Waals surface area contributed by atoms with Crippen molar-refractivity contribution in [3.8, 4) is 11.5 Å². The van der Waals surface area contributed by atoms with E-state index in [1.54, 1.807) is 69.9 Å². The van der Waals surface area contributed by atoms with E-state index in [9.17, 15) is 43.7 Å². The third kappa shape index (κ3) is 11.6. The normalized spacial score (nSPS) is 30.6. The summed E-state index contributed by atoms with van der Waals surface area (Å²) in [6.07, 6.45) is 5.42. The van der Waals surface area contributed by atoms with Crippen LogP contribution in [0.1, 0.15) is 119 Å². The van der Waals surface area contributed by atoms with E-state index in [1.807, 2.05) is 0 Å². The number of halogens is 1. The number of anilines is 1. The first-order valence-electron chi connectivity index (χ1n) is 27.1. The molecule has 0 saturated carbocycles. The van der Waals surface area contributed by atoms with Crippen LogP contribution in [0.15, 0.2) is 76.8 Å². The van der Waals surface area contributed by atoms with Gasteiger partial charge in [-0.05, 0) is 62.4 Å². The summed E-state index contributed by atoms with van der Waals surface area (Å²) in [7, 11) is 0. The number of amides is 2. The van der Waals surface area contributed by atoms with Crippen LogP contribution in [0, 0.1) is 42.3 Å². The molecule has 6 heterocycles. The van der Waals surface area contributed by atoms with Crippen molar-refractivity contribution >= 4 is 40.7 Å². The van der Waals surface area contributed by atoms with Gasteiger partial charge in [0.2, 0.25) is 11.7 Å². The number of aromatic hydroxyl groups is 1. The highest BCUT2D eigenvalue weighted by Crippen LogP contribution is 2.50. The van der Waals surface area contributed by atoms with Gasteiger partial charge in [-0.2, -0.15) is 0 Å². The lowest BCUT2D eigenvalue weighted by atomic mass is 9.79. The number of piperidine rings is 1. The zero-order valence-electron chi connectivity index (χ0n) is 45.7. The van der Waals surface area contributed by atoms with Gasteiger partial charge in [-0.1, -0.05) is 59.8 Å². The number of hydrogen-bond acceptors (Lipinski definition) is 16. The van der Waals surface area contributed by atoms with E-state index >= 15 is 0 Å².